The van der Waals surface area contributed by atoms with Crippen LogP contribution >= 0.6 is 0 Å². The quantitative estimate of drug-likeness (QED) is 0.831. The molecule has 0 saturated heterocycles. The first kappa shape index (κ1) is 11.1. The van der Waals surface area contributed by atoms with Gasteiger partial charge >= 0.3 is 0 Å². The summed E-state index contributed by atoms with van der Waals surface area (Å²) >= 11 is 0. The second-order valence-corrected chi connectivity index (χ2v) is 4.06. The Kier molecular flexibility index (Phi) is 3.57. The summed E-state index contributed by atoms with van der Waals surface area (Å²) in [6.45, 7) is 5.04. The summed E-state index contributed by atoms with van der Waals surface area (Å²) < 4.78 is 0. The van der Waals surface area contributed by atoms with Crippen molar-refractivity contribution in [3.05, 3.63) is 29.8 Å². The number of nitrogens with zero attached hydrogens (tertiary/aromatic N) is 2. The Morgan fingerprint density at radius 1 is 1.38 bits per heavy atom. The molecule has 0 unspecified atom stereocenters. The molecule has 0 amide bonds. The van der Waals surface area contributed by atoms with E-state index in [1.807, 2.05) is 7.05 Å². The van der Waals surface area contributed by atoms with Crippen LogP contribution in [0.25, 0.3) is 0 Å². The van der Waals surface area contributed by atoms with E-state index in [2.05, 4.69) is 46.4 Å². The Balaban J connectivity index is 2.22. The molecule has 0 fully saturated rings. The third-order valence-corrected chi connectivity index (χ3v) is 2.98. The van der Waals surface area contributed by atoms with Crippen molar-refractivity contribution in [3.8, 4) is 0 Å². The number of amidine groups is 1. The van der Waals surface area contributed by atoms with Crippen molar-refractivity contribution in [2.75, 3.05) is 31.6 Å². The van der Waals surface area contributed by atoms with Gasteiger partial charge in [0.15, 0.2) is 0 Å². The lowest BCUT2D eigenvalue weighted by molar-refractivity contribution is 0.790. The summed E-state index contributed by atoms with van der Waals surface area (Å²) in [5.41, 5.74) is 2.71. The second-order valence-electron chi connectivity index (χ2n) is 4.06. The number of hydrogen-bond donors (Lipinski definition) is 1. The summed E-state index contributed by atoms with van der Waals surface area (Å²) in [7, 11) is 1.99. The molecule has 0 aliphatic carbocycles. The van der Waals surface area contributed by atoms with Crippen LogP contribution < -0.4 is 10.2 Å². The zero-order valence-electron chi connectivity index (χ0n) is 10.0. The van der Waals surface area contributed by atoms with Gasteiger partial charge in [0.1, 0.15) is 5.84 Å². The van der Waals surface area contributed by atoms with E-state index in [9.17, 15) is 0 Å². The van der Waals surface area contributed by atoms with E-state index in [-0.39, 0.29) is 0 Å². The van der Waals surface area contributed by atoms with E-state index in [0.717, 1.165) is 31.9 Å². The molecule has 1 aliphatic rings. The van der Waals surface area contributed by atoms with Crippen LogP contribution in [0.4, 0.5) is 5.69 Å². The third kappa shape index (κ3) is 2.25. The van der Waals surface area contributed by atoms with Gasteiger partial charge in [-0.15, -0.1) is 0 Å². The van der Waals surface area contributed by atoms with Gasteiger partial charge in [-0.3, -0.25) is 4.99 Å². The average molecular weight is 217 g/mol. The van der Waals surface area contributed by atoms with Crippen LogP contribution in [0.15, 0.2) is 29.3 Å². The van der Waals surface area contributed by atoms with E-state index >= 15 is 0 Å². The Hall–Kier alpha value is -1.35. The first-order chi connectivity index (χ1) is 7.83. The van der Waals surface area contributed by atoms with E-state index < -0.39 is 0 Å². The van der Waals surface area contributed by atoms with Crippen LogP contribution in [0.3, 0.4) is 0 Å². The molecule has 1 aliphatic heterocycles. The topological polar surface area (TPSA) is 27.6 Å². The third-order valence-electron chi connectivity index (χ3n) is 2.98. The number of likely N-dealkylation sites (N-methyl/N-ethyl adjacent to an activating group) is 1. The molecular weight excluding hydrogens is 198 g/mol. The van der Waals surface area contributed by atoms with Crippen molar-refractivity contribution in [3.63, 3.8) is 0 Å². The first-order valence-electron chi connectivity index (χ1n) is 5.84. The maximum absolute atomic E-state index is 4.44. The SMILES string of the molecule is CNCCc1ccccc1N1CCN=C1C. The zero-order chi connectivity index (χ0) is 11.4. The number of benzene rings is 1. The molecule has 1 aromatic rings. The van der Waals surface area contributed by atoms with Crippen molar-refractivity contribution in [2.24, 2.45) is 4.99 Å². The maximum atomic E-state index is 4.44. The molecule has 0 radical (unpaired) electrons. The summed E-state index contributed by atoms with van der Waals surface area (Å²) in [4.78, 5) is 6.75. The summed E-state index contributed by atoms with van der Waals surface area (Å²) in [6, 6.07) is 8.61. The van der Waals surface area contributed by atoms with Crippen molar-refractivity contribution in [1.29, 1.82) is 0 Å². The van der Waals surface area contributed by atoms with Gasteiger partial charge in [-0.05, 0) is 38.6 Å². The minimum absolute atomic E-state index is 0.923. The van der Waals surface area contributed by atoms with Gasteiger partial charge in [0, 0.05) is 12.2 Å². The van der Waals surface area contributed by atoms with Gasteiger partial charge in [-0.1, -0.05) is 18.2 Å². The number of rotatable bonds is 4. The van der Waals surface area contributed by atoms with Crippen LogP contribution in [0.5, 0.6) is 0 Å². The molecule has 3 heteroatoms. The Bertz CT molecular complexity index is 385. The van der Waals surface area contributed by atoms with E-state index in [4.69, 9.17) is 0 Å². The number of para-hydroxylation sites is 1. The van der Waals surface area contributed by atoms with Crippen LogP contribution in [0, 0.1) is 0 Å². The van der Waals surface area contributed by atoms with E-state index in [1.54, 1.807) is 0 Å². The average Bonchev–Trinajstić information content (AvgIpc) is 2.73. The number of hydrogen-bond acceptors (Lipinski definition) is 3. The fraction of sp³-hybridized carbons (Fsp3) is 0.462. The predicted molar refractivity (Wildman–Crippen MR) is 69.4 cm³/mol. The summed E-state index contributed by atoms with van der Waals surface area (Å²) in [5.74, 6) is 1.14. The highest BCUT2D eigenvalue weighted by molar-refractivity contribution is 5.98. The molecule has 0 bridgehead atoms. The molecule has 2 rings (SSSR count). The molecule has 0 aromatic heterocycles. The van der Waals surface area contributed by atoms with Crippen LogP contribution in [-0.4, -0.2) is 32.5 Å². The standard InChI is InChI=1S/C13H19N3/c1-11-15-9-10-16(11)13-6-4-3-5-12(13)7-8-14-2/h3-6,14H,7-10H2,1-2H3. The maximum Gasteiger partial charge on any atom is 0.100 e. The second kappa shape index (κ2) is 5.12. The van der Waals surface area contributed by atoms with Gasteiger partial charge in [-0.2, -0.15) is 0 Å². The molecule has 86 valence electrons. The van der Waals surface area contributed by atoms with E-state index in [1.165, 1.54) is 11.3 Å². The molecule has 1 aromatic carbocycles. The molecule has 0 spiro atoms. The van der Waals surface area contributed by atoms with Crippen molar-refractivity contribution < 1.29 is 0 Å². The van der Waals surface area contributed by atoms with E-state index in [0.29, 0.717) is 0 Å². The normalized spacial score (nSPS) is 15.4. The van der Waals surface area contributed by atoms with Crippen LogP contribution in [0.2, 0.25) is 0 Å². The smallest absolute Gasteiger partial charge is 0.100 e. The molecule has 0 atom stereocenters. The highest BCUT2D eigenvalue weighted by Crippen LogP contribution is 2.23. The number of aliphatic imine (C=N–C) groups is 1. The molecule has 1 heterocycles. The van der Waals surface area contributed by atoms with Gasteiger partial charge in [0.25, 0.3) is 0 Å². The van der Waals surface area contributed by atoms with Gasteiger partial charge in [0.05, 0.1) is 6.54 Å². The molecule has 16 heavy (non-hydrogen) atoms. The number of nitrogens with one attached hydrogen (secondary N) is 1. The molecule has 3 nitrogen and oxygen atoms in total. The molecule has 0 saturated carbocycles. The summed E-state index contributed by atoms with van der Waals surface area (Å²) in [5, 5.41) is 3.20. The lowest BCUT2D eigenvalue weighted by Crippen LogP contribution is -2.26. The zero-order valence-corrected chi connectivity index (χ0v) is 10.0. The minimum Gasteiger partial charge on any atom is -0.328 e. The first-order valence-corrected chi connectivity index (χ1v) is 5.84. The minimum atomic E-state index is 0.923. The molecule has 1 N–H and O–H groups in total. The largest absolute Gasteiger partial charge is 0.328 e. The fourth-order valence-electron chi connectivity index (χ4n) is 2.10. The van der Waals surface area contributed by atoms with Gasteiger partial charge < -0.3 is 10.2 Å². The van der Waals surface area contributed by atoms with Gasteiger partial charge in [0.2, 0.25) is 0 Å². The Morgan fingerprint density at radius 2 is 2.19 bits per heavy atom. The fourth-order valence-corrected chi connectivity index (χ4v) is 2.10. The highest BCUT2D eigenvalue weighted by Gasteiger charge is 2.16. The summed E-state index contributed by atoms with van der Waals surface area (Å²) in [6.07, 6.45) is 1.07. The van der Waals surface area contributed by atoms with Crippen molar-refractivity contribution in [2.45, 2.75) is 13.3 Å². The van der Waals surface area contributed by atoms with Crippen molar-refractivity contribution >= 4 is 11.5 Å². The monoisotopic (exact) mass is 217 g/mol. The number of anilines is 1. The Labute approximate surface area is 97.2 Å². The lowest BCUT2D eigenvalue weighted by atomic mass is 10.1. The lowest BCUT2D eigenvalue weighted by Gasteiger charge is -2.21. The van der Waals surface area contributed by atoms with Crippen LogP contribution in [0.1, 0.15) is 12.5 Å². The van der Waals surface area contributed by atoms with Crippen molar-refractivity contribution in [1.82, 2.24) is 5.32 Å². The molecular formula is C13H19N3. The van der Waals surface area contributed by atoms with Gasteiger partial charge in [-0.25, -0.2) is 0 Å². The predicted octanol–water partition coefficient (Wildman–Crippen LogP) is 1.69. The van der Waals surface area contributed by atoms with Crippen LogP contribution in [-0.2, 0) is 6.42 Å². The Morgan fingerprint density at radius 3 is 2.88 bits per heavy atom. The highest BCUT2D eigenvalue weighted by atomic mass is 15.2.